The van der Waals surface area contributed by atoms with E-state index in [1.807, 2.05) is 19.2 Å². The maximum absolute atomic E-state index is 11.3. The van der Waals surface area contributed by atoms with Crippen molar-refractivity contribution in [1.29, 1.82) is 0 Å². The molecule has 0 aliphatic carbocycles. The Labute approximate surface area is 112 Å². The normalized spacial score (nSPS) is 10.9. The number of fused-ring (bicyclic) bond motifs is 1. The molecule has 0 aliphatic heterocycles. The third-order valence-electron chi connectivity index (χ3n) is 3.42. The molecular weight excluding hydrogens is 242 g/mol. The smallest absolute Gasteiger partial charge is 0.354 e. The van der Waals surface area contributed by atoms with E-state index >= 15 is 0 Å². The number of hydrogen-bond acceptors (Lipinski definition) is 3. The molecule has 102 valence electrons. The molecule has 0 aromatic carbocycles. The summed E-state index contributed by atoms with van der Waals surface area (Å²) in [5.41, 5.74) is 3.63. The van der Waals surface area contributed by atoms with Crippen LogP contribution in [0.5, 0.6) is 0 Å². The van der Waals surface area contributed by atoms with Crippen LogP contribution in [0.15, 0.2) is 12.3 Å². The second-order valence-corrected chi connectivity index (χ2v) is 4.59. The van der Waals surface area contributed by atoms with Crippen LogP contribution in [0.3, 0.4) is 0 Å². The van der Waals surface area contributed by atoms with Gasteiger partial charge in [0, 0.05) is 19.3 Å². The zero-order chi connectivity index (χ0) is 14.2. The maximum atomic E-state index is 11.3. The number of nitrogens with zero attached hydrogens (tertiary/aromatic N) is 3. The van der Waals surface area contributed by atoms with E-state index in [0.717, 1.165) is 24.3 Å². The van der Waals surface area contributed by atoms with Gasteiger partial charge in [-0.2, -0.15) is 0 Å². The Hall–Kier alpha value is -2.04. The summed E-state index contributed by atoms with van der Waals surface area (Å²) in [6, 6.07) is 1.94. The van der Waals surface area contributed by atoms with Crippen LogP contribution in [0.2, 0.25) is 0 Å². The lowest BCUT2D eigenvalue weighted by Gasteiger charge is -2.23. The summed E-state index contributed by atoms with van der Waals surface area (Å²) in [5.74, 6) is -0.945. The maximum Gasteiger partial charge on any atom is 0.354 e. The van der Waals surface area contributed by atoms with Crippen LogP contribution in [-0.2, 0) is 0 Å². The molecule has 0 amide bonds. The Kier molecular flexibility index (Phi) is 3.46. The molecule has 0 unspecified atom stereocenters. The first-order valence-electron chi connectivity index (χ1n) is 6.47. The molecule has 5 heteroatoms. The molecular formula is C14H19N3O2. The molecule has 0 atom stereocenters. The van der Waals surface area contributed by atoms with Crippen LogP contribution in [-0.4, -0.2) is 33.6 Å². The molecule has 2 aromatic heterocycles. The number of aromatic nitrogens is 2. The summed E-state index contributed by atoms with van der Waals surface area (Å²) in [5, 5.41) is 9.29. The van der Waals surface area contributed by atoms with Crippen molar-refractivity contribution in [3.63, 3.8) is 0 Å². The Morgan fingerprint density at radius 1 is 1.37 bits per heavy atom. The monoisotopic (exact) mass is 261 g/mol. The first-order valence-corrected chi connectivity index (χ1v) is 6.47. The van der Waals surface area contributed by atoms with Crippen LogP contribution in [0.1, 0.15) is 35.6 Å². The largest absolute Gasteiger partial charge is 0.477 e. The minimum Gasteiger partial charge on any atom is -0.477 e. The number of aromatic carboxylic acids is 1. The van der Waals surface area contributed by atoms with E-state index in [-0.39, 0.29) is 5.69 Å². The third-order valence-corrected chi connectivity index (χ3v) is 3.42. The molecule has 2 aromatic rings. The first kappa shape index (κ1) is 13.4. The fourth-order valence-electron chi connectivity index (χ4n) is 2.44. The summed E-state index contributed by atoms with van der Waals surface area (Å²) < 4.78 is 1.66. The first-order chi connectivity index (χ1) is 8.99. The van der Waals surface area contributed by atoms with E-state index < -0.39 is 5.97 Å². The quantitative estimate of drug-likeness (QED) is 0.918. The molecule has 0 bridgehead atoms. The van der Waals surface area contributed by atoms with Gasteiger partial charge in [-0.25, -0.2) is 9.78 Å². The Morgan fingerprint density at radius 2 is 2.00 bits per heavy atom. The fourth-order valence-corrected chi connectivity index (χ4v) is 2.44. The van der Waals surface area contributed by atoms with E-state index in [1.54, 1.807) is 11.3 Å². The van der Waals surface area contributed by atoms with Crippen LogP contribution in [0, 0.1) is 13.8 Å². The van der Waals surface area contributed by atoms with Gasteiger partial charge in [-0.3, -0.25) is 4.40 Å². The summed E-state index contributed by atoms with van der Waals surface area (Å²) >= 11 is 0. The van der Waals surface area contributed by atoms with Crippen molar-refractivity contribution in [3.8, 4) is 0 Å². The van der Waals surface area contributed by atoms with E-state index in [1.165, 1.54) is 0 Å². The van der Waals surface area contributed by atoms with E-state index in [0.29, 0.717) is 11.3 Å². The SMILES string of the molecule is CCN(CC)c1cn2c(C(=O)O)c(C)nc2cc1C. The number of rotatable bonds is 4. The Morgan fingerprint density at radius 3 is 2.53 bits per heavy atom. The van der Waals surface area contributed by atoms with Gasteiger partial charge in [-0.1, -0.05) is 0 Å². The molecule has 0 fully saturated rings. The van der Waals surface area contributed by atoms with Crippen molar-refractivity contribution in [2.45, 2.75) is 27.7 Å². The number of carboxylic acid groups (broad SMARTS) is 1. The molecule has 5 nitrogen and oxygen atoms in total. The lowest BCUT2D eigenvalue weighted by Crippen LogP contribution is -2.23. The summed E-state index contributed by atoms with van der Waals surface area (Å²) in [6.45, 7) is 9.70. The van der Waals surface area contributed by atoms with Gasteiger partial charge in [-0.15, -0.1) is 0 Å². The Bertz CT molecular complexity index is 627. The van der Waals surface area contributed by atoms with Crippen molar-refractivity contribution in [2.24, 2.45) is 0 Å². The number of aryl methyl sites for hydroxylation is 2. The van der Waals surface area contributed by atoms with Gasteiger partial charge in [0.1, 0.15) is 5.65 Å². The molecule has 0 saturated heterocycles. The Balaban J connectivity index is 2.72. The summed E-state index contributed by atoms with van der Waals surface area (Å²) in [6.07, 6.45) is 1.88. The summed E-state index contributed by atoms with van der Waals surface area (Å²) in [4.78, 5) is 17.8. The minimum absolute atomic E-state index is 0.239. The van der Waals surface area contributed by atoms with Crippen molar-refractivity contribution in [1.82, 2.24) is 9.38 Å². The van der Waals surface area contributed by atoms with Crippen molar-refractivity contribution in [3.05, 3.63) is 29.2 Å². The van der Waals surface area contributed by atoms with Crippen LogP contribution < -0.4 is 4.90 Å². The second-order valence-electron chi connectivity index (χ2n) is 4.59. The fraction of sp³-hybridized carbons (Fsp3) is 0.429. The minimum atomic E-state index is -0.945. The number of carbonyl (C=O) groups is 1. The van der Waals surface area contributed by atoms with E-state index in [4.69, 9.17) is 0 Å². The third kappa shape index (κ3) is 2.16. The number of imidazole rings is 1. The predicted octanol–water partition coefficient (Wildman–Crippen LogP) is 2.50. The highest BCUT2D eigenvalue weighted by Gasteiger charge is 2.17. The molecule has 0 radical (unpaired) electrons. The van der Waals surface area contributed by atoms with Crippen molar-refractivity contribution < 1.29 is 9.90 Å². The van der Waals surface area contributed by atoms with Crippen molar-refractivity contribution in [2.75, 3.05) is 18.0 Å². The highest BCUT2D eigenvalue weighted by molar-refractivity contribution is 5.88. The van der Waals surface area contributed by atoms with Gasteiger partial charge in [0.2, 0.25) is 0 Å². The van der Waals surface area contributed by atoms with Crippen molar-refractivity contribution >= 4 is 17.3 Å². The predicted molar refractivity (Wildman–Crippen MR) is 75.2 cm³/mol. The van der Waals surface area contributed by atoms with E-state index in [2.05, 4.69) is 23.7 Å². The summed E-state index contributed by atoms with van der Waals surface area (Å²) in [7, 11) is 0. The zero-order valence-corrected chi connectivity index (χ0v) is 11.8. The standard InChI is InChI=1S/C14H19N3O2/c1-5-16(6-2)11-8-17-12(7-9(11)3)15-10(4)13(17)14(18)19/h7-8H,5-6H2,1-4H3,(H,18,19). The van der Waals surface area contributed by atoms with E-state index in [9.17, 15) is 9.90 Å². The molecule has 0 saturated carbocycles. The topological polar surface area (TPSA) is 57.8 Å². The molecule has 2 heterocycles. The number of pyridine rings is 1. The lowest BCUT2D eigenvalue weighted by atomic mass is 10.2. The lowest BCUT2D eigenvalue weighted by molar-refractivity contribution is 0.0688. The molecule has 1 N–H and O–H groups in total. The number of carboxylic acids is 1. The molecule has 19 heavy (non-hydrogen) atoms. The highest BCUT2D eigenvalue weighted by Crippen LogP contribution is 2.23. The van der Waals surface area contributed by atoms with Crippen LogP contribution in [0.25, 0.3) is 5.65 Å². The molecule has 2 rings (SSSR count). The van der Waals surface area contributed by atoms with Gasteiger partial charge in [0.25, 0.3) is 0 Å². The second kappa shape index (κ2) is 4.91. The average Bonchev–Trinajstić information content (AvgIpc) is 2.66. The van der Waals surface area contributed by atoms with Gasteiger partial charge < -0.3 is 10.0 Å². The highest BCUT2D eigenvalue weighted by atomic mass is 16.4. The number of hydrogen-bond donors (Lipinski definition) is 1. The van der Waals surface area contributed by atoms with Gasteiger partial charge in [0.15, 0.2) is 5.69 Å². The number of anilines is 1. The van der Waals surface area contributed by atoms with Gasteiger partial charge >= 0.3 is 5.97 Å². The molecule has 0 aliphatic rings. The average molecular weight is 261 g/mol. The van der Waals surface area contributed by atoms with Gasteiger partial charge in [0.05, 0.1) is 11.4 Å². The van der Waals surface area contributed by atoms with Crippen LogP contribution in [0.4, 0.5) is 5.69 Å². The van der Waals surface area contributed by atoms with Crippen LogP contribution >= 0.6 is 0 Å². The zero-order valence-electron chi connectivity index (χ0n) is 11.8. The van der Waals surface area contributed by atoms with Gasteiger partial charge in [-0.05, 0) is 39.3 Å². The molecule has 0 spiro atoms.